The fraction of sp³-hybridized carbons (Fsp3) is 0.172. The smallest absolute Gasteiger partial charge is 0.420 e. The predicted octanol–water partition coefficient (Wildman–Crippen LogP) is 12.5. The zero-order valence-electron chi connectivity index (χ0n) is 47.6. The summed E-state index contributed by atoms with van der Waals surface area (Å²) in [5, 5.41) is 12.8. The molecule has 2 atom stereocenters. The molecule has 3 heterocycles. The van der Waals surface area contributed by atoms with Gasteiger partial charge in [-0.15, -0.1) is 0 Å². The molecule has 9 rings (SSSR count). The zero-order chi connectivity index (χ0) is 65.0. The molecule has 24 nitrogen and oxygen atoms in total. The number of carbonyl (C=O) groups is 6. The molecule has 6 aromatic carbocycles. The van der Waals surface area contributed by atoms with Gasteiger partial charge in [-0.3, -0.25) is 14.4 Å². The van der Waals surface area contributed by atoms with Crippen molar-refractivity contribution in [1.82, 2.24) is 33.6 Å². The summed E-state index contributed by atoms with van der Waals surface area (Å²) >= 11 is 11.8. The summed E-state index contributed by atoms with van der Waals surface area (Å²) in [6.07, 6.45) is 2.85. The van der Waals surface area contributed by atoms with Crippen LogP contribution in [0.1, 0.15) is 67.6 Å². The van der Waals surface area contributed by atoms with Crippen molar-refractivity contribution in [3.8, 4) is 0 Å². The van der Waals surface area contributed by atoms with Gasteiger partial charge < -0.3 is 44.9 Å². The van der Waals surface area contributed by atoms with Gasteiger partial charge in [0, 0.05) is 68.2 Å². The van der Waals surface area contributed by atoms with Crippen LogP contribution >= 0.6 is 23.2 Å². The topological polar surface area (TPSA) is 333 Å². The molecule has 0 bridgehead atoms. The number of aromatic nitrogens is 3. The molecule has 89 heavy (non-hydrogen) atoms. The molecule has 0 saturated heterocycles. The molecule has 7 amide bonds. The molecule has 0 fully saturated rings. The third kappa shape index (κ3) is 17.2. The van der Waals surface area contributed by atoms with Crippen molar-refractivity contribution in [2.45, 2.75) is 60.4 Å². The van der Waals surface area contributed by atoms with Crippen LogP contribution in [-0.4, -0.2) is 96.1 Å². The maximum Gasteiger partial charge on any atom is 0.420 e. The number of benzene rings is 6. The molecule has 0 radical (unpaired) electrons. The number of H-pyrrole nitrogens is 1. The van der Waals surface area contributed by atoms with Crippen LogP contribution < -0.4 is 35.4 Å². The Hall–Kier alpha value is -9.55. The molecule has 0 aliphatic rings. The summed E-state index contributed by atoms with van der Waals surface area (Å²) in [6.45, 7) is 5.76. The second-order valence-electron chi connectivity index (χ2n) is 19.1. The first kappa shape index (κ1) is 67.0. The quantitative estimate of drug-likeness (QED) is 0.0393. The van der Waals surface area contributed by atoms with Crippen molar-refractivity contribution in [3.63, 3.8) is 0 Å². The number of ether oxygens (including phenoxy) is 2. The molecule has 0 saturated carbocycles. The van der Waals surface area contributed by atoms with Gasteiger partial charge in [-0.1, -0.05) is 48.7 Å². The van der Waals surface area contributed by atoms with Gasteiger partial charge >= 0.3 is 18.2 Å². The Bertz CT molecular complexity index is 4510. The van der Waals surface area contributed by atoms with Crippen LogP contribution in [0, 0.1) is 11.6 Å². The highest BCUT2D eigenvalue weighted by atomic mass is 35.5. The van der Waals surface area contributed by atoms with E-state index in [1.165, 1.54) is 91.0 Å². The number of aromatic amines is 1. The predicted molar refractivity (Wildman–Crippen MR) is 347 cm³/mol. The third-order valence-corrected chi connectivity index (χ3v) is 17.5. The molecule has 0 aliphatic heterocycles. The highest BCUT2D eigenvalue weighted by Gasteiger charge is 2.24. The van der Waals surface area contributed by atoms with Gasteiger partial charge in [0.25, 0.3) is 36.0 Å². The first-order valence-electron chi connectivity index (χ1n) is 26.4. The van der Waals surface area contributed by atoms with Crippen molar-refractivity contribution < 1.29 is 83.7 Å². The lowest BCUT2D eigenvalue weighted by Crippen LogP contribution is -2.39. The van der Waals surface area contributed by atoms with Gasteiger partial charge in [0.2, 0.25) is 11.8 Å². The first-order chi connectivity index (χ1) is 42.1. The number of hydrogen-bond donors (Lipinski definition) is 8. The lowest BCUT2D eigenvalue weighted by Gasteiger charge is -2.16. The van der Waals surface area contributed by atoms with Crippen LogP contribution in [0.2, 0.25) is 10.0 Å². The Kier molecular flexibility index (Phi) is 21.8. The Morgan fingerprint density at radius 3 is 1.57 bits per heavy atom. The van der Waals surface area contributed by atoms with Crippen LogP contribution in [-0.2, 0) is 49.1 Å². The number of hydrogen-bond acceptors (Lipinski definition) is 14. The Morgan fingerprint density at radius 1 is 0.562 bits per heavy atom. The van der Waals surface area contributed by atoms with E-state index in [0.717, 1.165) is 44.0 Å². The van der Waals surface area contributed by atoms with Crippen LogP contribution in [0.4, 0.5) is 40.2 Å². The van der Waals surface area contributed by atoms with E-state index in [4.69, 9.17) is 23.2 Å². The number of nitrogens with one attached hydrogen (secondary N) is 8. The van der Waals surface area contributed by atoms with E-state index in [1.54, 1.807) is 75.2 Å². The van der Waals surface area contributed by atoms with Crippen LogP contribution in [0.5, 0.6) is 0 Å². The fourth-order valence-corrected chi connectivity index (χ4v) is 11.5. The van der Waals surface area contributed by atoms with Crippen molar-refractivity contribution >= 4 is 139 Å². The molecular weight excluding hydrogens is 1270 g/mol. The number of urea groups is 1. The maximum atomic E-state index is 13.9. The molecule has 0 spiro atoms. The molecule has 0 unspecified atom stereocenters. The van der Waals surface area contributed by atoms with Gasteiger partial charge in [-0.05, 0) is 153 Å². The minimum atomic E-state index is -4.09. The number of amides is 7. The average molecular weight is 1340 g/mol. The average Bonchev–Trinajstić information content (AvgIpc) is 1.83. The van der Waals surface area contributed by atoms with Crippen molar-refractivity contribution in [1.29, 1.82) is 0 Å². The normalized spacial score (nSPS) is 12.0. The van der Waals surface area contributed by atoms with Crippen molar-refractivity contribution in [3.05, 3.63) is 179 Å². The zero-order valence-corrected chi connectivity index (χ0v) is 51.5. The molecule has 0 aliphatic carbocycles. The largest absolute Gasteiger partial charge is 0.452 e. The van der Waals surface area contributed by atoms with E-state index in [9.17, 15) is 62.8 Å². The summed E-state index contributed by atoms with van der Waals surface area (Å²) in [5.74, 6) is -2.12. The summed E-state index contributed by atoms with van der Waals surface area (Å²) < 4.78 is 118. The van der Waals surface area contributed by atoms with E-state index in [2.05, 4.69) is 35.7 Å². The van der Waals surface area contributed by atoms with E-state index < -0.39 is 72.1 Å². The Morgan fingerprint density at radius 2 is 1.06 bits per heavy atom. The molecular formula is C58H72Cl2F2N10O14S3. The van der Waals surface area contributed by atoms with Gasteiger partial charge in [0.1, 0.15) is 29.4 Å². The van der Waals surface area contributed by atoms with Crippen molar-refractivity contribution in [2.24, 2.45) is 0 Å². The van der Waals surface area contributed by atoms with E-state index in [-0.39, 0.29) is 59.8 Å². The summed E-state index contributed by atoms with van der Waals surface area (Å²) in [5.41, 5.74) is 2.97. The third-order valence-electron chi connectivity index (χ3n) is 13.0. The number of nitrogens with zero attached hydrogens (tertiary/aromatic N) is 2. The Labute approximate surface area is 530 Å². The van der Waals surface area contributed by atoms with Gasteiger partial charge in [-0.25, -0.2) is 62.6 Å². The molecule has 31 heteroatoms. The number of methoxy groups -OCH3 is 2. The highest BCUT2D eigenvalue weighted by molar-refractivity contribution is 7.90. The summed E-state index contributed by atoms with van der Waals surface area (Å²) in [6, 6.07) is 31.6. The minimum absolute atomic E-state index is 0. The van der Waals surface area contributed by atoms with E-state index >= 15 is 0 Å². The van der Waals surface area contributed by atoms with Crippen molar-refractivity contribution in [2.75, 3.05) is 36.7 Å². The number of anilines is 3. The van der Waals surface area contributed by atoms with Crippen LogP contribution in [0.25, 0.3) is 32.7 Å². The number of sulfonamides is 3. The maximum absolute atomic E-state index is 13.9. The molecule has 9 aromatic rings. The minimum Gasteiger partial charge on any atom is -0.452 e. The number of fused-ring (bicyclic) bond motifs is 3. The SMILES string of the molecule is CCCCNC(=O)NS(=O)(=O)c1ccc(NC(=O)[C@@H](C)n2ccc3c(F)cccc32)cc1.COC(=O)NS(=O)(=O)c1ccc(NC(=O)[C@H](C)n2ccc3ccc(Cl)cc32)cc1.COC(=O)NS(=O)(=O)c1ccc(NC(=O)c2cc3c(F)cc(Cl)cc3[nH]2)cc1.[HH].[HH].[HH].[HH].[HH].[HH].[HH].[HH]. The molecule has 484 valence electrons. The summed E-state index contributed by atoms with van der Waals surface area (Å²) in [4.78, 5) is 74.0. The standard InChI is InChI=1S/C22H25FN4O4S.C19H18ClN3O5S.C17H13ClFN3O5S.8H2/c1-3-4-13-24-22(29)26-32(30,31)17-10-8-16(9-11-17)25-21(28)15(2)27-14-12-18-19(23)6-5-7-20(18)27;1-12(23-10-9-13-3-4-14(20)11-17(13)23)18(24)21-15-5-7-16(8-6-15)29(26,27)22-19(25)28-2;1-27-17(24)22-28(25,26)11-4-2-10(3-5-11)20-16(23)15-8-12-13(19)6-9(18)7-14(12)21-15;;;;;;;;/h5-12,14-15H,3-4,13H2,1-2H3,(H,25,28)(H2,24,26,29);3-12H,1-2H3,(H,21,24)(H,22,25);2-8,21H,1H3,(H,20,23)(H,22,24);8*1H/t15-;12-;;;;;;;;;/m10........./s1. The fourth-order valence-electron chi connectivity index (χ4n) is 8.34. The number of halogens is 4. The van der Waals surface area contributed by atoms with E-state index in [0.29, 0.717) is 45.0 Å². The number of rotatable bonds is 17. The monoisotopic (exact) mass is 1340 g/mol. The number of carbonyl (C=O) groups excluding carboxylic acids is 6. The van der Waals surface area contributed by atoms with Gasteiger partial charge in [0.05, 0.1) is 45.5 Å². The Balaban J connectivity index is 0. The lowest BCUT2D eigenvalue weighted by molar-refractivity contribution is -0.119. The highest BCUT2D eigenvalue weighted by Crippen LogP contribution is 2.28. The lowest BCUT2D eigenvalue weighted by atomic mass is 10.2. The molecule has 3 aromatic heterocycles. The van der Waals surface area contributed by atoms with E-state index in [1.807, 2.05) is 23.8 Å². The van der Waals surface area contributed by atoms with Gasteiger partial charge in [-0.2, -0.15) is 0 Å². The molecule has 8 N–H and O–H groups in total. The second kappa shape index (κ2) is 29.0. The van der Waals surface area contributed by atoms with Gasteiger partial charge in [0.15, 0.2) is 0 Å². The summed E-state index contributed by atoms with van der Waals surface area (Å²) in [7, 11) is -10.1. The second-order valence-corrected chi connectivity index (χ2v) is 25.0. The van der Waals surface area contributed by atoms with Crippen LogP contribution in [0.15, 0.2) is 167 Å². The first-order valence-corrected chi connectivity index (χ1v) is 31.6. The number of unbranched alkanes of at least 4 members (excludes halogenated alkanes) is 1. The van der Waals surface area contributed by atoms with Crippen LogP contribution in [0.3, 0.4) is 0 Å².